The minimum Gasteiger partial charge on any atom is -0.494 e. The number of hydrogen-bond donors (Lipinski definition) is 0. The summed E-state index contributed by atoms with van der Waals surface area (Å²) < 4.78 is 13.3. The minimum atomic E-state index is 0.611. The molecule has 0 N–H and O–H groups in total. The highest BCUT2D eigenvalue weighted by atomic mass is 32.2. The Bertz CT molecular complexity index is 863. The molecule has 0 radical (unpaired) electrons. The van der Waals surface area contributed by atoms with Crippen LogP contribution in [-0.2, 0) is 11.3 Å². The first-order chi connectivity index (χ1) is 13.7. The summed E-state index contributed by atoms with van der Waals surface area (Å²) in [5.41, 5.74) is 3.45. The van der Waals surface area contributed by atoms with Crippen LogP contribution in [-0.4, -0.2) is 45.8 Å². The Morgan fingerprint density at radius 3 is 2.46 bits per heavy atom. The van der Waals surface area contributed by atoms with E-state index in [4.69, 9.17) is 9.47 Å². The van der Waals surface area contributed by atoms with Crippen LogP contribution in [0.4, 0.5) is 0 Å². The molecule has 0 aliphatic heterocycles. The number of hydrogen-bond acceptors (Lipinski definition) is 6. The zero-order chi connectivity index (χ0) is 19.8. The van der Waals surface area contributed by atoms with E-state index in [1.165, 1.54) is 11.1 Å². The lowest BCUT2D eigenvalue weighted by Gasteiger charge is -2.10. The Labute approximate surface area is 170 Å². The number of thioether (sulfide) groups is 1. The molecule has 6 nitrogen and oxygen atoms in total. The van der Waals surface area contributed by atoms with Crippen molar-refractivity contribution in [3.05, 3.63) is 53.9 Å². The first-order valence-corrected chi connectivity index (χ1v) is 10.3. The van der Waals surface area contributed by atoms with E-state index in [2.05, 4.69) is 51.8 Å². The monoisotopic (exact) mass is 398 g/mol. The summed E-state index contributed by atoms with van der Waals surface area (Å²) in [6.45, 7) is 6.17. The maximum atomic E-state index is 5.89. The maximum Gasteiger partial charge on any atom is 0.191 e. The molecule has 2 aromatic heterocycles. The van der Waals surface area contributed by atoms with Crippen molar-refractivity contribution >= 4 is 11.8 Å². The lowest BCUT2D eigenvalue weighted by atomic mass is 10.1. The van der Waals surface area contributed by atoms with Crippen LogP contribution in [0.3, 0.4) is 0 Å². The number of ether oxygens (including phenoxy) is 2. The number of nitrogens with zero attached hydrogens (tertiary/aromatic N) is 4. The molecule has 0 atom stereocenters. The fraction of sp³-hybridized carbons (Fsp3) is 0.381. The summed E-state index contributed by atoms with van der Waals surface area (Å²) in [4.78, 5) is 4.07. The molecule has 148 valence electrons. The molecule has 0 aliphatic carbocycles. The van der Waals surface area contributed by atoms with Crippen molar-refractivity contribution in [1.82, 2.24) is 19.7 Å². The third-order valence-electron chi connectivity index (χ3n) is 4.16. The van der Waals surface area contributed by atoms with Gasteiger partial charge in [0.15, 0.2) is 11.0 Å². The molecule has 28 heavy (non-hydrogen) atoms. The summed E-state index contributed by atoms with van der Waals surface area (Å²) in [5, 5.41) is 9.66. The average Bonchev–Trinajstić information content (AvgIpc) is 3.08. The van der Waals surface area contributed by atoms with E-state index < -0.39 is 0 Å². The van der Waals surface area contributed by atoms with E-state index in [1.807, 2.05) is 12.1 Å². The molecular formula is C21H26N4O2S. The molecule has 0 saturated heterocycles. The van der Waals surface area contributed by atoms with E-state index in [9.17, 15) is 0 Å². The molecule has 3 rings (SSSR count). The number of aromatic nitrogens is 4. The van der Waals surface area contributed by atoms with Gasteiger partial charge in [-0.1, -0.05) is 17.8 Å². The maximum absolute atomic E-state index is 5.89. The van der Waals surface area contributed by atoms with Crippen LogP contribution >= 0.6 is 11.8 Å². The highest BCUT2D eigenvalue weighted by Crippen LogP contribution is 2.24. The number of rotatable bonds is 10. The van der Waals surface area contributed by atoms with E-state index in [1.54, 1.807) is 31.3 Å². The SMILES string of the molecule is COCCn1c(SCCCOc2cc(C)cc(C)c2)nnc1-c1ccncc1. The molecule has 3 aromatic rings. The zero-order valence-electron chi connectivity index (χ0n) is 16.6. The van der Waals surface area contributed by atoms with Crippen LogP contribution in [0, 0.1) is 13.8 Å². The van der Waals surface area contributed by atoms with Gasteiger partial charge in [-0.15, -0.1) is 10.2 Å². The van der Waals surface area contributed by atoms with Gasteiger partial charge in [-0.25, -0.2) is 0 Å². The Morgan fingerprint density at radius 1 is 1.00 bits per heavy atom. The first-order valence-electron chi connectivity index (χ1n) is 9.34. The van der Waals surface area contributed by atoms with E-state index >= 15 is 0 Å². The standard InChI is InChI=1S/C21H26N4O2S/c1-16-13-17(2)15-19(14-16)27-10-4-12-28-21-24-23-20(25(21)9-11-26-3)18-5-7-22-8-6-18/h5-8,13-15H,4,9-12H2,1-3H3. The van der Waals surface area contributed by atoms with Crippen molar-refractivity contribution in [2.24, 2.45) is 0 Å². The number of benzene rings is 1. The van der Waals surface area contributed by atoms with E-state index in [0.29, 0.717) is 19.8 Å². The Balaban J connectivity index is 1.57. The Hall–Kier alpha value is -2.38. The van der Waals surface area contributed by atoms with Crippen molar-refractivity contribution < 1.29 is 9.47 Å². The van der Waals surface area contributed by atoms with Gasteiger partial charge >= 0.3 is 0 Å². The van der Waals surface area contributed by atoms with Crippen LogP contribution in [0.2, 0.25) is 0 Å². The molecular weight excluding hydrogens is 372 g/mol. The molecule has 0 amide bonds. The lowest BCUT2D eigenvalue weighted by Crippen LogP contribution is -2.08. The largest absolute Gasteiger partial charge is 0.494 e. The van der Waals surface area contributed by atoms with Gasteiger partial charge in [0.2, 0.25) is 0 Å². The van der Waals surface area contributed by atoms with E-state index in [0.717, 1.165) is 34.5 Å². The average molecular weight is 399 g/mol. The van der Waals surface area contributed by atoms with Crippen LogP contribution in [0.25, 0.3) is 11.4 Å². The van der Waals surface area contributed by atoms with E-state index in [-0.39, 0.29) is 0 Å². The summed E-state index contributed by atoms with van der Waals surface area (Å²) >= 11 is 1.69. The normalized spacial score (nSPS) is 11.0. The fourth-order valence-electron chi connectivity index (χ4n) is 2.92. The summed E-state index contributed by atoms with van der Waals surface area (Å²) in [6.07, 6.45) is 4.46. The molecule has 0 aliphatic rings. The molecule has 0 unspecified atom stereocenters. The number of aryl methyl sites for hydroxylation is 2. The minimum absolute atomic E-state index is 0.611. The first kappa shape index (κ1) is 20.4. The summed E-state index contributed by atoms with van der Waals surface area (Å²) in [7, 11) is 1.70. The van der Waals surface area contributed by atoms with Crippen LogP contribution < -0.4 is 4.74 Å². The molecule has 0 spiro atoms. The Kier molecular flexibility index (Phi) is 7.45. The van der Waals surface area contributed by atoms with Gasteiger partial charge in [-0.2, -0.15) is 0 Å². The van der Waals surface area contributed by atoms with Gasteiger partial charge < -0.3 is 9.47 Å². The summed E-state index contributed by atoms with van der Waals surface area (Å²) in [5.74, 6) is 2.69. The molecule has 0 bridgehead atoms. The van der Waals surface area contributed by atoms with Crippen molar-refractivity contribution in [2.75, 3.05) is 26.1 Å². The highest BCUT2D eigenvalue weighted by Gasteiger charge is 2.14. The second kappa shape index (κ2) is 10.2. The van der Waals surface area contributed by atoms with Crippen LogP contribution in [0.15, 0.2) is 47.9 Å². The Morgan fingerprint density at radius 2 is 1.75 bits per heavy atom. The van der Waals surface area contributed by atoms with Gasteiger partial charge in [0, 0.05) is 30.8 Å². The fourth-order valence-corrected chi connectivity index (χ4v) is 3.80. The predicted octanol–water partition coefficient (Wildman–Crippen LogP) is 4.16. The predicted molar refractivity (Wildman–Crippen MR) is 112 cm³/mol. The van der Waals surface area contributed by atoms with Crippen molar-refractivity contribution in [2.45, 2.75) is 32.0 Å². The van der Waals surface area contributed by atoms with Gasteiger partial charge in [-0.05, 0) is 55.7 Å². The van der Waals surface area contributed by atoms with Gasteiger partial charge in [-0.3, -0.25) is 9.55 Å². The molecule has 7 heteroatoms. The molecule has 1 aromatic carbocycles. The van der Waals surface area contributed by atoms with Gasteiger partial charge in [0.1, 0.15) is 5.75 Å². The van der Waals surface area contributed by atoms with Crippen molar-refractivity contribution in [3.63, 3.8) is 0 Å². The molecule has 0 fully saturated rings. The summed E-state index contributed by atoms with van der Waals surface area (Å²) in [6, 6.07) is 10.2. The number of methoxy groups -OCH3 is 1. The quantitative estimate of drug-likeness (QED) is 0.377. The smallest absolute Gasteiger partial charge is 0.191 e. The van der Waals surface area contributed by atoms with Crippen LogP contribution in [0.5, 0.6) is 5.75 Å². The van der Waals surface area contributed by atoms with Crippen molar-refractivity contribution in [1.29, 1.82) is 0 Å². The van der Waals surface area contributed by atoms with Gasteiger partial charge in [0.05, 0.1) is 19.8 Å². The second-order valence-corrected chi connectivity index (χ2v) is 7.62. The van der Waals surface area contributed by atoms with Crippen LogP contribution in [0.1, 0.15) is 17.5 Å². The third kappa shape index (κ3) is 5.56. The van der Waals surface area contributed by atoms with Crippen molar-refractivity contribution in [3.8, 4) is 17.1 Å². The number of pyridine rings is 1. The topological polar surface area (TPSA) is 62.1 Å². The second-order valence-electron chi connectivity index (χ2n) is 6.56. The highest BCUT2D eigenvalue weighted by molar-refractivity contribution is 7.99. The lowest BCUT2D eigenvalue weighted by molar-refractivity contribution is 0.185. The van der Waals surface area contributed by atoms with Gasteiger partial charge in [0.25, 0.3) is 0 Å². The third-order valence-corrected chi connectivity index (χ3v) is 5.21. The zero-order valence-corrected chi connectivity index (χ0v) is 17.4. The molecule has 0 saturated carbocycles. The molecule has 2 heterocycles.